The van der Waals surface area contributed by atoms with E-state index in [0.717, 1.165) is 33.4 Å². The van der Waals surface area contributed by atoms with Gasteiger partial charge >= 0.3 is 5.97 Å². The number of hydrogen-bond donors (Lipinski definition) is 2. The molecule has 4 aromatic rings. The van der Waals surface area contributed by atoms with Crippen LogP contribution in [0.4, 0.5) is 5.82 Å². The summed E-state index contributed by atoms with van der Waals surface area (Å²) in [7, 11) is 1.82. The number of benzene rings is 3. The molecule has 1 aromatic heterocycles. The van der Waals surface area contributed by atoms with Gasteiger partial charge in [-0.25, -0.2) is 0 Å². The zero-order chi connectivity index (χ0) is 29.3. The fraction of sp³-hybridized carbons (Fsp3) is 0.324. The molecule has 210 valence electrons. The van der Waals surface area contributed by atoms with Gasteiger partial charge in [0.1, 0.15) is 5.82 Å². The lowest BCUT2D eigenvalue weighted by Gasteiger charge is -2.13. The fourth-order valence-corrected chi connectivity index (χ4v) is 4.73. The van der Waals surface area contributed by atoms with Crippen LogP contribution in [0.3, 0.4) is 0 Å². The fourth-order valence-electron chi connectivity index (χ4n) is 4.73. The van der Waals surface area contributed by atoms with Gasteiger partial charge in [-0.15, -0.1) is 0 Å². The number of rotatable bonds is 8. The average molecular weight is 540 g/mol. The second-order valence-corrected chi connectivity index (χ2v) is 9.64. The van der Waals surface area contributed by atoms with Crippen LogP contribution in [-0.2, 0) is 22.1 Å². The number of amides is 1. The minimum Gasteiger partial charge on any atom is -0.481 e. The maximum Gasteiger partial charge on any atom is 0.314 e. The van der Waals surface area contributed by atoms with Crippen LogP contribution in [0.15, 0.2) is 85.1 Å². The maximum atomic E-state index is 12.8. The lowest BCUT2D eigenvalue weighted by atomic mass is 9.93. The third-order valence-corrected chi connectivity index (χ3v) is 7.18. The van der Waals surface area contributed by atoms with Crippen LogP contribution < -0.4 is 5.32 Å². The molecule has 1 unspecified atom stereocenters. The van der Waals surface area contributed by atoms with Gasteiger partial charge in [-0.2, -0.15) is 5.10 Å². The van der Waals surface area contributed by atoms with E-state index in [2.05, 4.69) is 17.3 Å². The highest BCUT2D eigenvalue weighted by molar-refractivity contribution is 5.94. The SMILES string of the molecule is CC.CC.CC(CC(=O)Nc1c(-c2ccc(-c3ccc(C4(C(=O)O)CC4)cc3)cc2)cnn1C)c1ccccc1. The van der Waals surface area contributed by atoms with Crippen LogP contribution >= 0.6 is 0 Å². The Balaban J connectivity index is 0.00000106. The highest BCUT2D eigenvalue weighted by Crippen LogP contribution is 2.48. The number of carbonyl (C=O) groups excluding carboxylic acids is 1. The van der Waals surface area contributed by atoms with Crippen molar-refractivity contribution in [3.05, 3.63) is 96.2 Å². The first-order valence-electron chi connectivity index (χ1n) is 14.2. The minimum atomic E-state index is -0.742. The molecule has 2 N–H and O–H groups in total. The van der Waals surface area contributed by atoms with Gasteiger partial charge in [0.15, 0.2) is 0 Å². The summed E-state index contributed by atoms with van der Waals surface area (Å²) in [6.07, 6.45) is 3.55. The van der Waals surface area contributed by atoms with Gasteiger partial charge in [0, 0.05) is 19.0 Å². The van der Waals surface area contributed by atoms with Gasteiger partial charge in [-0.3, -0.25) is 14.3 Å². The zero-order valence-corrected chi connectivity index (χ0v) is 24.4. The molecule has 0 radical (unpaired) electrons. The molecule has 0 spiro atoms. The molecule has 5 rings (SSSR count). The molecule has 1 amide bonds. The molecule has 0 aliphatic heterocycles. The van der Waals surface area contributed by atoms with Crippen molar-refractivity contribution in [3.8, 4) is 22.3 Å². The zero-order valence-electron chi connectivity index (χ0n) is 24.4. The first-order valence-corrected chi connectivity index (χ1v) is 14.2. The molecule has 1 atom stereocenters. The molecule has 6 nitrogen and oxygen atoms in total. The number of carboxylic acid groups (broad SMARTS) is 1. The van der Waals surface area contributed by atoms with Gasteiger partial charge in [-0.05, 0) is 46.6 Å². The number of aliphatic carboxylic acids is 1. The highest BCUT2D eigenvalue weighted by atomic mass is 16.4. The topological polar surface area (TPSA) is 84.2 Å². The predicted octanol–water partition coefficient (Wildman–Crippen LogP) is 8.06. The van der Waals surface area contributed by atoms with Crippen molar-refractivity contribution >= 4 is 17.7 Å². The summed E-state index contributed by atoms with van der Waals surface area (Å²) in [4.78, 5) is 24.4. The second kappa shape index (κ2) is 13.7. The van der Waals surface area contributed by atoms with Crippen molar-refractivity contribution in [3.63, 3.8) is 0 Å². The van der Waals surface area contributed by atoms with E-state index in [4.69, 9.17) is 0 Å². The quantitative estimate of drug-likeness (QED) is 0.237. The van der Waals surface area contributed by atoms with Gasteiger partial charge < -0.3 is 10.4 Å². The number of anilines is 1. The van der Waals surface area contributed by atoms with Gasteiger partial charge in [-0.1, -0.05) is 113 Å². The van der Waals surface area contributed by atoms with Crippen molar-refractivity contribution in [2.45, 2.75) is 65.2 Å². The smallest absolute Gasteiger partial charge is 0.314 e. The molecule has 1 saturated carbocycles. The van der Waals surface area contributed by atoms with Gasteiger partial charge in [0.2, 0.25) is 5.91 Å². The molecule has 1 heterocycles. The van der Waals surface area contributed by atoms with Gasteiger partial charge in [0.25, 0.3) is 0 Å². The number of carboxylic acids is 1. The molecule has 40 heavy (non-hydrogen) atoms. The second-order valence-electron chi connectivity index (χ2n) is 9.64. The molecule has 1 aliphatic rings. The Labute approximate surface area is 238 Å². The number of aryl methyl sites for hydroxylation is 1. The Morgan fingerprint density at radius 1 is 0.875 bits per heavy atom. The maximum absolute atomic E-state index is 12.8. The Hall–Kier alpha value is -4.19. The first-order chi connectivity index (χ1) is 19.4. The molecular formula is C34H41N3O3. The molecular weight excluding hydrogens is 498 g/mol. The van der Waals surface area contributed by atoms with Crippen LogP contribution in [0.2, 0.25) is 0 Å². The van der Waals surface area contributed by atoms with E-state index in [1.54, 1.807) is 10.9 Å². The summed E-state index contributed by atoms with van der Waals surface area (Å²) in [6, 6.07) is 25.9. The Morgan fingerprint density at radius 2 is 1.40 bits per heavy atom. The molecule has 3 aromatic carbocycles. The monoisotopic (exact) mass is 539 g/mol. The number of nitrogens with zero attached hydrogens (tertiary/aromatic N) is 2. The summed E-state index contributed by atoms with van der Waals surface area (Å²) in [6.45, 7) is 10.1. The molecule has 0 saturated heterocycles. The number of nitrogens with one attached hydrogen (secondary N) is 1. The Morgan fingerprint density at radius 3 is 1.93 bits per heavy atom. The lowest BCUT2D eigenvalue weighted by molar-refractivity contribution is -0.140. The third kappa shape index (κ3) is 6.68. The molecule has 6 heteroatoms. The molecule has 1 fully saturated rings. The molecule has 1 aliphatic carbocycles. The van der Waals surface area contributed by atoms with Crippen LogP contribution in [-0.4, -0.2) is 26.8 Å². The largest absolute Gasteiger partial charge is 0.481 e. The number of aromatic nitrogens is 2. The van der Waals surface area contributed by atoms with E-state index in [0.29, 0.717) is 25.1 Å². The van der Waals surface area contributed by atoms with E-state index in [1.807, 2.05) is 114 Å². The van der Waals surface area contributed by atoms with E-state index >= 15 is 0 Å². The lowest BCUT2D eigenvalue weighted by Crippen LogP contribution is -2.19. The predicted molar refractivity (Wildman–Crippen MR) is 163 cm³/mol. The van der Waals surface area contributed by atoms with Crippen molar-refractivity contribution < 1.29 is 14.7 Å². The summed E-state index contributed by atoms with van der Waals surface area (Å²) in [5.41, 5.74) is 5.19. The van der Waals surface area contributed by atoms with E-state index < -0.39 is 11.4 Å². The number of carbonyl (C=O) groups is 2. The summed E-state index contributed by atoms with van der Waals surface area (Å²) >= 11 is 0. The number of hydrogen-bond acceptors (Lipinski definition) is 3. The van der Waals surface area contributed by atoms with Crippen molar-refractivity contribution in [1.29, 1.82) is 0 Å². The van der Waals surface area contributed by atoms with Crippen LogP contribution in [0.1, 0.15) is 70.9 Å². The van der Waals surface area contributed by atoms with Crippen LogP contribution in [0.25, 0.3) is 22.3 Å². The Kier molecular flexibility index (Phi) is 10.4. The third-order valence-electron chi connectivity index (χ3n) is 7.18. The average Bonchev–Trinajstić information content (AvgIpc) is 3.75. The summed E-state index contributed by atoms with van der Waals surface area (Å²) in [5, 5.41) is 16.9. The van der Waals surface area contributed by atoms with E-state index in [-0.39, 0.29) is 11.8 Å². The first kappa shape index (κ1) is 30.4. The van der Waals surface area contributed by atoms with Crippen LogP contribution in [0.5, 0.6) is 0 Å². The van der Waals surface area contributed by atoms with Crippen molar-refractivity contribution in [2.24, 2.45) is 7.05 Å². The summed E-state index contributed by atoms with van der Waals surface area (Å²) < 4.78 is 1.68. The van der Waals surface area contributed by atoms with E-state index in [1.165, 1.54) is 0 Å². The normalized spacial score (nSPS) is 13.6. The standard InChI is InChI=1S/C30H29N3O3.2C2H6/c1-20(21-6-4-3-5-7-21)18-27(34)32-28-26(19-31-33(28)2)24-10-8-22(9-11-24)23-12-14-25(15-13-23)30(16-17-30)29(35)36;2*1-2/h3-15,19-20H,16-18H2,1-2H3,(H,32,34)(H,35,36);2*1-2H3. The van der Waals surface area contributed by atoms with Crippen molar-refractivity contribution in [2.75, 3.05) is 5.32 Å². The molecule has 0 bridgehead atoms. The minimum absolute atomic E-state index is 0.0530. The van der Waals surface area contributed by atoms with Crippen molar-refractivity contribution in [1.82, 2.24) is 9.78 Å². The van der Waals surface area contributed by atoms with Gasteiger partial charge in [0.05, 0.1) is 11.6 Å². The van der Waals surface area contributed by atoms with Crippen LogP contribution in [0, 0.1) is 0 Å². The summed E-state index contributed by atoms with van der Waals surface area (Å²) in [5.74, 6) is -0.0178. The Bertz CT molecular complexity index is 1390. The van der Waals surface area contributed by atoms with E-state index in [9.17, 15) is 14.7 Å². The highest BCUT2D eigenvalue weighted by Gasteiger charge is 2.51.